The Morgan fingerprint density at radius 3 is 2.55 bits per heavy atom. The van der Waals surface area contributed by atoms with E-state index in [0.717, 1.165) is 18.6 Å². The number of benzene rings is 1. The van der Waals surface area contributed by atoms with Gasteiger partial charge in [0.25, 0.3) is 0 Å². The zero-order chi connectivity index (χ0) is 14.8. The Bertz CT molecular complexity index is 474. The van der Waals surface area contributed by atoms with Gasteiger partial charge >= 0.3 is 0 Å². The van der Waals surface area contributed by atoms with Crippen LogP contribution in [-0.2, 0) is 10.0 Å². The quantitative estimate of drug-likeness (QED) is 0.639. The first kappa shape index (κ1) is 17.3. The van der Waals surface area contributed by atoms with Crippen molar-refractivity contribution in [3.8, 4) is 5.75 Å². The SMILES string of the molecule is CSCCCCNS(=O)(=O)c1ccc(OCCO)cc1. The molecule has 0 saturated carbocycles. The summed E-state index contributed by atoms with van der Waals surface area (Å²) in [5.74, 6) is 1.58. The van der Waals surface area contributed by atoms with E-state index in [2.05, 4.69) is 4.72 Å². The third-order valence-electron chi connectivity index (χ3n) is 2.56. The molecular formula is C13H21NO4S2. The summed E-state index contributed by atoms with van der Waals surface area (Å²) in [6.45, 7) is 0.573. The number of aliphatic hydroxyl groups is 1. The number of hydrogen-bond donors (Lipinski definition) is 2. The van der Waals surface area contributed by atoms with Crippen molar-refractivity contribution in [2.45, 2.75) is 17.7 Å². The summed E-state index contributed by atoms with van der Waals surface area (Å²) in [5, 5.41) is 8.64. The molecule has 0 saturated heterocycles. The molecule has 0 unspecified atom stereocenters. The second-order valence-corrected chi connectivity index (χ2v) is 6.89. The number of rotatable bonds is 10. The van der Waals surface area contributed by atoms with Gasteiger partial charge < -0.3 is 9.84 Å². The van der Waals surface area contributed by atoms with E-state index in [1.54, 1.807) is 23.9 Å². The predicted octanol–water partition coefficient (Wildman–Crippen LogP) is 1.48. The maximum absolute atomic E-state index is 12.0. The van der Waals surface area contributed by atoms with Crippen LogP contribution in [0.2, 0.25) is 0 Å². The van der Waals surface area contributed by atoms with Crippen molar-refractivity contribution in [3.63, 3.8) is 0 Å². The van der Waals surface area contributed by atoms with Crippen molar-refractivity contribution in [2.24, 2.45) is 0 Å². The van der Waals surface area contributed by atoms with E-state index >= 15 is 0 Å². The van der Waals surface area contributed by atoms with E-state index in [1.165, 1.54) is 12.1 Å². The third kappa shape index (κ3) is 6.13. The number of thioether (sulfide) groups is 1. The lowest BCUT2D eigenvalue weighted by Gasteiger charge is -2.08. The Morgan fingerprint density at radius 2 is 1.95 bits per heavy atom. The van der Waals surface area contributed by atoms with E-state index in [9.17, 15) is 8.42 Å². The van der Waals surface area contributed by atoms with Gasteiger partial charge in [0, 0.05) is 6.54 Å². The summed E-state index contributed by atoms with van der Waals surface area (Å²) in [6.07, 6.45) is 3.86. The lowest BCUT2D eigenvalue weighted by Crippen LogP contribution is -2.24. The molecule has 0 aliphatic carbocycles. The molecule has 20 heavy (non-hydrogen) atoms. The topological polar surface area (TPSA) is 75.6 Å². The molecule has 0 aliphatic rings. The number of aliphatic hydroxyl groups excluding tert-OH is 1. The molecule has 2 N–H and O–H groups in total. The first-order chi connectivity index (χ1) is 9.60. The highest BCUT2D eigenvalue weighted by molar-refractivity contribution is 7.98. The van der Waals surface area contributed by atoms with E-state index in [0.29, 0.717) is 12.3 Å². The Morgan fingerprint density at radius 1 is 1.25 bits per heavy atom. The van der Waals surface area contributed by atoms with Gasteiger partial charge in [-0.05, 0) is 49.1 Å². The Kier molecular flexibility index (Phi) is 7.98. The van der Waals surface area contributed by atoms with Crippen molar-refractivity contribution < 1.29 is 18.3 Å². The molecule has 0 radical (unpaired) electrons. The van der Waals surface area contributed by atoms with Crippen LogP contribution in [-0.4, -0.2) is 45.3 Å². The Labute approximate surface area is 124 Å². The molecule has 1 aromatic rings. The molecule has 0 bridgehead atoms. The van der Waals surface area contributed by atoms with Crippen molar-refractivity contribution in [2.75, 3.05) is 31.8 Å². The number of nitrogens with one attached hydrogen (secondary N) is 1. The fraction of sp³-hybridized carbons (Fsp3) is 0.538. The highest BCUT2D eigenvalue weighted by atomic mass is 32.2. The minimum atomic E-state index is -3.45. The lowest BCUT2D eigenvalue weighted by atomic mass is 10.3. The fourth-order valence-corrected chi connectivity index (χ4v) is 3.11. The van der Waals surface area contributed by atoms with E-state index in [-0.39, 0.29) is 18.1 Å². The van der Waals surface area contributed by atoms with Gasteiger partial charge in [0.15, 0.2) is 0 Å². The molecular weight excluding hydrogens is 298 g/mol. The number of hydrogen-bond acceptors (Lipinski definition) is 5. The first-order valence-corrected chi connectivity index (χ1v) is 9.30. The largest absolute Gasteiger partial charge is 0.491 e. The van der Waals surface area contributed by atoms with Crippen LogP contribution in [0.25, 0.3) is 0 Å². The van der Waals surface area contributed by atoms with Crippen LogP contribution in [0.4, 0.5) is 0 Å². The molecule has 0 atom stereocenters. The first-order valence-electron chi connectivity index (χ1n) is 6.42. The number of sulfonamides is 1. The minimum absolute atomic E-state index is 0.0718. The van der Waals surface area contributed by atoms with E-state index in [1.807, 2.05) is 6.26 Å². The normalized spacial score (nSPS) is 11.5. The average molecular weight is 319 g/mol. The molecule has 1 aromatic carbocycles. The predicted molar refractivity (Wildman–Crippen MR) is 81.8 cm³/mol. The molecule has 0 aromatic heterocycles. The van der Waals surface area contributed by atoms with Gasteiger partial charge in [0.2, 0.25) is 10.0 Å². The van der Waals surface area contributed by atoms with Crippen molar-refractivity contribution >= 4 is 21.8 Å². The van der Waals surface area contributed by atoms with Crippen LogP contribution >= 0.6 is 11.8 Å². The maximum atomic E-state index is 12.0. The average Bonchev–Trinajstić information content (AvgIpc) is 2.45. The van der Waals surface area contributed by atoms with Crippen LogP contribution in [0, 0.1) is 0 Å². The van der Waals surface area contributed by atoms with Gasteiger partial charge in [-0.1, -0.05) is 0 Å². The van der Waals surface area contributed by atoms with Gasteiger partial charge in [0.1, 0.15) is 12.4 Å². The van der Waals surface area contributed by atoms with Crippen LogP contribution in [0.15, 0.2) is 29.2 Å². The van der Waals surface area contributed by atoms with Gasteiger partial charge in [-0.3, -0.25) is 0 Å². The van der Waals surface area contributed by atoms with Gasteiger partial charge in [0.05, 0.1) is 11.5 Å². The molecule has 7 heteroatoms. The monoisotopic (exact) mass is 319 g/mol. The zero-order valence-electron chi connectivity index (χ0n) is 11.5. The molecule has 0 fully saturated rings. The highest BCUT2D eigenvalue weighted by Gasteiger charge is 2.12. The molecule has 0 aliphatic heterocycles. The lowest BCUT2D eigenvalue weighted by molar-refractivity contribution is 0.201. The molecule has 5 nitrogen and oxygen atoms in total. The van der Waals surface area contributed by atoms with Crippen LogP contribution in [0.5, 0.6) is 5.75 Å². The summed E-state index contributed by atoms with van der Waals surface area (Å²) in [7, 11) is -3.45. The minimum Gasteiger partial charge on any atom is -0.491 e. The Hall–Kier alpha value is -0.760. The van der Waals surface area contributed by atoms with Crippen molar-refractivity contribution in [1.29, 1.82) is 0 Å². The smallest absolute Gasteiger partial charge is 0.240 e. The summed E-state index contributed by atoms with van der Waals surface area (Å²) in [5.41, 5.74) is 0. The van der Waals surface area contributed by atoms with Gasteiger partial charge in [-0.25, -0.2) is 13.1 Å². The Balaban J connectivity index is 2.50. The van der Waals surface area contributed by atoms with Gasteiger partial charge in [-0.2, -0.15) is 11.8 Å². The van der Waals surface area contributed by atoms with Crippen molar-refractivity contribution in [3.05, 3.63) is 24.3 Å². The fourth-order valence-electron chi connectivity index (χ4n) is 1.54. The van der Waals surface area contributed by atoms with Crippen LogP contribution in [0.1, 0.15) is 12.8 Å². The second-order valence-electron chi connectivity index (χ2n) is 4.14. The van der Waals surface area contributed by atoms with Crippen LogP contribution in [0.3, 0.4) is 0 Å². The molecule has 1 rings (SSSR count). The molecule has 114 valence electrons. The molecule has 0 spiro atoms. The summed E-state index contributed by atoms with van der Waals surface area (Å²) in [6, 6.07) is 6.16. The third-order valence-corrected chi connectivity index (χ3v) is 4.74. The summed E-state index contributed by atoms with van der Waals surface area (Å²) >= 11 is 1.76. The van der Waals surface area contributed by atoms with E-state index in [4.69, 9.17) is 9.84 Å². The highest BCUT2D eigenvalue weighted by Crippen LogP contribution is 2.15. The number of unbranched alkanes of at least 4 members (excludes halogenated alkanes) is 1. The standard InChI is InChI=1S/C13H21NO4S2/c1-19-11-3-2-8-14-20(16,17)13-6-4-12(5-7-13)18-10-9-15/h4-7,14-15H,2-3,8-11H2,1H3. The van der Waals surface area contributed by atoms with Gasteiger partial charge in [-0.15, -0.1) is 0 Å². The summed E-state index contributed by atoms with van der Waals surface area (Å²) < 4.78 is 31.7. The van der Waals surface area contributed by atoms with Crippen molar-refractivity contribution in [1.82, 2.24) is 4.72 Å². The van der Waals surface area contributed by atoms with E-state index < -0.39 is 10.0 Å². The zero-order valence-corrected chi connectivity index (χ0v) is 13.2. The molecule has 0 heterocycles. The molecule has 0 amide bonds. The maximum Gasteiger partial charge on any atom is 0.240 e. The number of ether oxygens (including phenoxy) is 1. The summed E-state index contributed by atoms with van der Waals surface area (Å²) in [4.78, 5) is 0.221. The van der Waals surface area contributed by atoms with Crippen LogP contribution < -0.4 is 9.46 Å². The second kappa shape index (κ2) is 9.23.